The van der Waals surface area contributed by atoms with E-state index in [4.69, 9.17) is 18.9 Å². The molecule has 9 heterocycles. The van der Waals surface area contributed by atoms with E-state index in [0.717, 1.165) is 313 Å². The molecule has 2 aromatic carbocycles. The van der Waals surface area contributed by atoms with Crippen LogP contribution in [0.2, 0.25) is 0 Å². The summed E-state index contributed by atoms with van der Waals surface area (Å²) in [6, 6.07) is 11.4. The molecule has 22 nitrogen and oxygen atoms in total. The number of nitrogens with one attached hydrogen (secondary N) is 8. The van der Waals surface area contributed by atoms with Crippen LogP contribution >= 0.6 is 113 Å². The number of pyridine rings is 1. The maximum absolute atomic E-state index is 14.8. The number of hydrogen-bond donors (Lipinski definition) is 9. The smallest absolute Gasteiger partial charge is 0.341 e. The summed E-state index contributed by atoms with van der Waals surface area (Å²) in [6.45, 7) is 22.9. The number of carbonyl (C=O) groups is 8. The zero-order valence-electron chi connectivity index (χ0n) is 85.3. The first kappa shape index (κ1) is 110. The summed E-state index contributed by atoms with van der Waals surface area (Å²) in [6.07, 6.45) is 34.9. The van der Waals surface area contributed by atoms with E-state index in [1.165, 1.54) is 135 Å². The fourth-order valence-corrected chi connectivity index (χ4v) is 31.6. The molecule has 8 amide bonds. The van der Waals surface area contributed by atoms with Crippen molar-refractivity contribution in [2.75, 3.05) is 21.3 Å². The van der Waals surface area contributed by atoms with Gasteiger partial charge in [-0.1, -0.05) is 30.7 Å². The first-order chi connectivity index (χ1) is 70.0. The number of rotatable bonds is 20. The van der Waals surface area contributed by atoms with Gasteiger partial charge in [0.15, 0.2) is 11.6 Å². The molecular formula is C111H129F5IN9O13S8. The van der Waals surface area contributed by atoms with E-state index in [-0.39, 0.29) is 53.1 Å². The highest BCUT2D eigenvalue weighted by molar-refractivity contribution is 14.1. The van der Waals surface area contributed by atoms with E-state index in [1.807, 2.05) is 101 Å². The predicted octanol–water partition coefficient (Wildman–Crippen LogP) is 29.8. The number of aromatic nitrogens is 1. The number of esters is 4. The Labute approximate surface area is 901 Å². The van der Waals surface area contributed by atoms with E-state index in [1.54, 1.807) is 41.0 Å². The fraction of sp³-hybridized carbons (Fsp3) is 0.486. The Morgan fingerprint density at radius 2 is 0.619 bits per heavy atom. The summed E-state index contributed by atoms with van der Waals surface area (Å²) in [5.74, 6) is -3.53. The lowest BCUT2D eigenvalue weighted by atomic mass is 9.93. The minimum Gasteiger partial charge on any atom is -0.507 e. The number of fused-ring (bicyclic) bond motifs is 8. The molecule has 11 aromatic rings. The van der Waals surface area contributed by atoms with Gasteiger partial charge in [0.1, 0.15) is 54.0 Å². The van der Waals surface area contributed by atoms with Crippen molar-refractivity contribution in [3.63, 3.8) is 0 Å². The molecule has 9 aromatic heterocycles. The Morgan fingerprint density at radius 1 is 0.340 bits per heavy atom. The summed E-state index contributed by atoms with van der Waals surface area (Å²) in [7, 11) is 0. The molecule has 19 rings (SSSR count). The van der Waals surface area contributed by atoms with Gasteiger partial charge >= 0.3 is 51.9 Å². The van der Waals surface area contributed by atoms with Crippen LogP contribution in [0.15, 0.2) is 60.9 Å². The van der Waals surface area contributed by atoms with E-state index in [0.29, 0.717) is 65.8 Å². The van der Waals surface area contributed by atoms with Gasteiger partial charge in [0, 0.05) is 125 Å². The number of nitrogens with zero attached hydrogens (tertiary/aromatic N) is 1. The van der Waals surface area contributed by atoms with Crippen LogP contribution in [0.1, 0.15) is 344 Å². The Kier molecular flexibility index (Phi) is 35.5. The van der Waals surface area contributed by atoms with Gasteiger partial charge in [-0.2, -0.15) is 8.78 Å². The van der Waals surface area contributed by atoms with Crippen LogP contribution in [-0.2, 0) is 152 Å². The van der Waals surface area contributed by atoms with Crippen molar-refractivity contribution < 1.29 is 84.4 Å². The highest BCUT2D eigenvalue weighted by Crippen LogP contribution is 2.51. The van der Waals surface area contributed by atoms with Crippen LogP contribution in [-0.4, -0.2) is 80.5 Å². The topological polar surface area (TPSA) is 303 Å². The largest absolute Gasteiger partial charge is 0.507 e. The van der Waals surface area contributed by atoms with Gasteiger partial charge in [0.25, 0.3) is 0 Å². The van der Waals surface area contributed by atoms with Crippen molar-refractivity contribution in [3.8, 4) is 37.1 Å². The third-order valence-electron chi connectivity index (χ3n) is 26.7. The molecule has 9 N–H and O–H groups in total. The van der Waals surface area contributed by atoms with Crippen molar-refractivity contribution in [3.05, 3.63) is 211 Å². The number of aryl methyl sites for hydroxylation is 8. The molecule has 147 heavy (non-hydrogen) atoms. The minimum absolute atomic E-state index is 0.0262. The van der Waals surface area contributed by atoms with Gasteiger partial charge in [0.05, 0.1) is 33.3 Å². The van der Waals surface area contributed by atoms with Crippen LogP contribution in [0.5, 0.6) is 5.75 Å². The van der Waals surface area contributed by atoms with Gasteiger partial charge in [-0.05, 0) is 380 Å². The molecule has 36 heteroatoms. The van der Waals surface area contributed by atoms with Crippen LogP contribution in [0, 0.1) is 17.5 Å². The van der Waals surface area contributed by atoms with Crippen molar-refractivity contribution in [1.29, 1.82) is 0 Å². The number of amides is 8. The fourth-order valence-electron chi connectivity index (χ4n) is 20.3. The number of anilines is 4. The molecule has 786 valence electrons. The zero-order valence-corrected chi connectivity index (χ0v) is 94.0. The molecule has 0 saturated heterocycles. The third kappa shape index (κ3) is 27.3. The quantitative estimate of drug-likeness (QED) is 0.00856. The van der Waals surface area contributed by atoms with E-state index in [9.17, 15) is 65.4 Å². The number of urea groups is 4. The molecule has 0 bridgehead atoms. The molecule has 0 radical (unpaired) electrons. The SMILES string of the molecule is CC(C)(C)OC(=O)c1c(NC(=O)NCc2c(-c3cccc(F)c3F)sc3c2CCCC3)sc2c1CCCC2.CC(C)(C)OC(=O)c1c(NC(=O)NCc2c(-c3ccccc3O)sc3c2CCCC3)sc2c1CCCC2.CC(C)(C)OC(=O)c1c(NC(=O)NCc2c(-c3cncc(F)c3)sc3c2CCCC3)sc2c1CCCC2.CC(C)(C)OC(=O)c1c(NC(=O)NCc2c(C(F)(F)I)sc3c2CCCC3)sc2c1CCCCC2. The molecule has 0 saturated carbocycles. The average Bonchev–Trinajstić information content (AvgIpc) is 1.64. The van der Waals surface area contributed by atoms with Gasteiger partial charge in [-0.25, -0.2) is 51.5 Å². The number of phenols is 1. The first-order valence-electron chi connectivity index (χ1n) is 51.1. The highest BCUT2D eigenvalue weighted by Gasteiger charge is 2.40. The number of alkyl halides is 3. The maximum Gasteiger partial charge on any atom is 0.341 e. The van der Waals surface area contributed by atoms with Crippen molar-refractivity contribution in [2.45, 2.75) is 347 Å². The molecule has 0 unspecified atom stereocenters. The van der Waals surface area contributed by atoms with E-state index < -0.39 is 67.9 Å². The molecule has 8 aliphatic carbocycles. The number of phenolic OH excluding ortho intramolecular Hbond substituents is 1. The molecule has 0 fully saturated rings. The lowest BCUT2D eigenvalue weighted by Crippen LogP contribution is -2.30. The number of benzene rings is 2. The standard InChI is InChI=1S/C29H32F2N2O3S2.C29H34N2O4S2.C28H32FN3O3S2.C25H31F2IN2O3S2/c1-29(2,3)36-27(34)23-17-10-5-7-14-22(17)38-26(23)33-28(35)32-15-19-16-9-4-6-13-21(16)37-25(19)18-11-8-12-20(30)24(18)31;1-29(2,3)35-27(33)24-19-12-6-9-15-23(19)37-26(24)31-28(34)30-16-20-17-10-5-8-14-22(17)36-25(20)18-11-4-7-13-21(18)32;1-28(2,3)35-26(33)23-19-9-5-7-11-22(19)37-25(23)32-27(34)31-15-20-18-8-4-6-10-21(18)36-24(20)16-12-17(29)14-30-13-16;1-24(2,3)33-22(31)19-15-10-5-4-6-11-18(15)35-21(19)30-23(32)29-13-16-14-9-7-8-12-17(14)34-20(16)25(26,27)28/h8,11-12H,4-7,9-10,13-15H2,1-3H3,(H2,32,33,35);4,7,11,13,32H,5-6,8-10,12,14-16H2,1-3H3,(H2,30,31,34);12-14H,4-11,15H2,1-3H3,(H2,31,32,34);4-13H2,1-3H3,(H2,29,30,32). The molecule has 0 aliphatic heterocycles. The summed E-state index contributed by atoms with van der Waals surface area (Å²) >= 11 is 13.0. The minimum atomic E-state index is -2.98. The second-order valence-electron chi connectivity index (χ2n) is 42.3. The normalized spacial score (nSPS) is 15.3. The Balaban J connectivity index is 0.000000140. The van der Waals surface area contributed by atoms with Crippen LogP contribution in [0.3, 0.4) is 0 Å². The predicted molar refractivity (Wildman–Crippen MR) is 590 cm³/mol. The number of ether oxygens (including phenoxy) is 4. The Hall–Kier alpha value is -9.67. The van der Waals surface area contributed by atoms with E-state index >= 15 is 0 Å². The van der Waals surface area contributed by atoms with E-state index in [2.05, 4.69) is 47.5 Å². The summed E-state index contributed by atoms with van der Waals surface area (Å²) in [5.41, 5.74) is 13.2. The summed E-state index contributed by atoms with van der Waals surface area (Å²) in [4.78, 5) is 121. The number of thiophene rings is 8. The monoisotopic (exact) mass is 2270 g/mol. The van der Waals surface area contributed by atoms with Gasteiger partial charge in [0.2, 0.25) is 0 Å². The number of carbonyl (C=O) groups excluding carboxylic acids is 8. The maximum atomic E-state index is 14.8. The number of halogens is 6. The average molecular weight is 2280 g/mol. The second-order valence-corrected chi connectivity index (χ2v) is 52.5. The van der Waals surface area contributed by atoms with Gasteiger partial charge in [-0.3, -0.25) is 26.3 Å². The lowest BCUT2D eigenvalue weighted by molar-refractivity contribution is 0.00571. The molecule has 8 aliphatic rings. The lowest BCUT2D eigenvalue weighted by Gasteiger charge is -2.21. The number of para-hydroxylation sites is 1. The Morgan fingerprint density at radius 3 is 0.959 bits per heavy atom. The molecular weight excluding hydrogens is 2150 g/mol. The second kappa shape index (κ2) is 47.5. The molecule has 0 atom stereocenters. The zero-order chi connectivity index (χ0) is 105. The van der Waals surface area contributed by atoms with Crippen LogP contribution in [0.25, 0.3) is 31.3 Å². The first-order valence-corrected chi connectivity index (χ1v) is 58.7. The highest BCUT2D eigenvalue weighted by atomic mass is 127. The van der Waals surface area contributed by atoms with Crippen molar-refractivity contribution in [2.24, 2.45) is 0 Å². The summed E-state index contributed by atoms with van der Waals surface area (Å²) in [5, 5.41) is 36.0. The third-order valence-corrected chi connectivity index (χ3v) is 37.9. The Bertz CT molecular complexity index is 6760. The molecule has 0 spiro atoms. The number of hydrogen-bond acceptors (Lipinski definition) is 22. The van der Waals surface area contributed by atoms with Gasteiger partial charge in [-0.15, -0.1) is 90.7 Å². The van der Waals surface area contributed by atoms with Crippen molar-refractivity contribution >= 4 is 181 Å². The van der Waals surface area contributed by atoms with Crippen molar-refractivity contribution in [1.82, 2.24) is 26.3 Å². The van der Waals surface area contributed by atoms with Gasteiger partial charge < -0.3 is 45.3 Å². The summed E-state index contributed by atoms with van der Waals surface area (Å²) < 4.78 is 91.2. The van der Waals surface area contributed by atoms with Crippen LogP contribution in [0.4, 0.5) is 61.1 Å². The number of aromatic hydroxyl groups is 1. The van der Waals surface area contributed by atoms with Crippen LogP contribution < -0.4 is 42.5 Å².